The van der Waals surface area contributed by atoms with Crippen LogP contribution in [0, 0.1) is 22.7 Å². The first-order chi connectivity index (χ1) is 24.2. The Bertz CT molecular complexity index is 3030. The molecule has 0 saturated carbocycles. The van der Waals surface area contributed by atoms with Crippen LogP contribution < -0.4 is 0 Å². The van der Waals surface area contributed by atoms with Crippen molar-refractivity contribution >= 4 is 65.6 Å². The number of fused-ring (bicyclic) bond motifs is 10. The van der Waals surface area contributed by atoms with Gasteiger partial charge < -0.3 is 13.6 Å². The minimum Gasteiger partial charge on any atom is -0.456 e. The van der Waals surface area contributed by atoms with Gasteiger partial charge in [0.15, 0.2) is 0 Å². The lowest BCUT2D eigenvalue weighted by molar-refractivity contribution is 0.669. The number of hydrogen-bond donors (Lipinski definition) is 0. The molecule has 3 heterocycles. The molecule has 0 atom stereocenters. The maximum absolute atomic E-state index is 10.3. The van der Waals surface area contributed by atoms with Crippen molar-refractivity contribution in [2.24, 2.45) is 0 Å². The topological polar surface area (TPSA) is 70.6 Å². The fourth-order valence-corrected chi connectivity index (χ4v) is 7.70. The van der Waals surface area contributed by atoms with Gasteiger partial charge in [-0.05, 0) is 77.9 Å². The molecule has 226 valence electrons. The molecule has 0 aliphatic heterocycles. The van der Waals surface area contributed by atoms with Gasteiger partial charge in [0.2, 0.25) is 0 Å². The van der Waals surface area contributed by atoms with Crippen LogP contribution >= 0.6 is 0 Å². The Kier molecular flexibility index (Phi) is 5.64. The van der Waals surface area contributed by atoms with E-state index in [2.05, 4.69) is 94.1 Å². The highest BCUT2D eigenvalue weighted by molar-refractivity contribution is 6.27. The predicted molar refractivity (Wildman–Crippen MR) is 197 cm³/mol. The Morgan fingerprint density at radius 1 is 0.449 bits per heavy atom. The van der Waals surface area contributed by atoms with Crippen molar-refractivity contribution in [1.29, 1.82) is 10.5 Å². The molecule has 0 bridgehead atoms. The summed E-state index contributed by atoms with van der Waals surface area (Å²) in [5, 5.41) is 27.2. The maximum atomic E-state index is 10.3. The molecule has 0 spiro atoms. The van der Waals surface area contributed by atoms with Crippen LogP contribution in [-0.4, -0.2) is 9.13 Å². The van der Waals surface area contributed by atoms with Crippen LogP contribution in [0.2, 0.25) is 0 Å². The number of rotatable bonds is 3. The largest absolute Gasteiger partial charge is 0.456 e. The predicted octanol–water partition coefficient (Wildman–Crippen LogP) is 11.2. The molecule has 5 heteroatoms. The van der Waals surface area contributed by atoms with Crippen LogP contribution in [-0.2, 0) is 0 Å². The van der Waals surface area contributed by atoms with Crippen molar-refractivity contribution in [1.82, 2.24) is 9.13 Å². The summed E-state index contributed by atoms with van der Waals surface area (Å²) in [5.74, 6) is 0. The fraction of sp³-hybridized carbons (Fsp3) is 0. The fourth-order valence-electron chi connectivity index (χ4n) is 7.70. The Morgan fingerprint density at radius 3 is 1.82 bits per heavy atom. The number of benzene rings is 7. The maximum Gasteiger partial charge on any atom is 0.136 e. The van der Waals surface area contributed by atoms with Crippen molar-refractivity contribution < 1.29 is 4.42 Å². The molecule has 10 aromatic rings. The van der Waals surface area contributed by atoms with Gasteiger partial charge in [0.25, 0.3) is 0 Å². The number of aromatic nitrogens is 2. The summed E-state index contributed by atoms with van der Waals surface area (Å²) >= 11 is 0. The number of furan rings is 1. The second-order valence-corrected chi connectivity index (χ2v) is 12.4. The lowest BCUT2D eigenvalue weighted by Crippen LogP contribution is -1.99. The molecule has 0 radical (unpaired) electrons. The van der Waals surface area contributed by atoms with Gasteiger partial charge >= 0.3 is 0 Å². The summed E-state index contributed by atoms with van der Waals surface area (Å²) in [6, 6.07) is 54.1. The van der Waals surface area contributed by atoms with E-state index in [1.165, 1.54) is 0 Å². The summed E-state index contributed by atoms with van der Waals surface area (Å²) in [6.45, 7) is 0. The Balaban J connectivity index is 1.24. The molecule has 0 amide bonds. The van der Waals surface area contributed by atoms with Crippen molar-refractivity contribution in [3.63, 3.8) is 0 Å². The zero-order valence-electron chi connectivity index (χ0n) is 26.1. The molecule has 10 rings (SSSR count). The first-order valence-corrected chi connectivity index (χ1v) is 16.1. The van der Waals surface area contributed by atoms with Gasteiger partial charge in [-0.3, -0.25) is 0 Å². The molecule has 0 saturated heterocycles. The molecule has 0 N–H and O–H groups in total. The molecule has 7 aromatic carbocycles. The van der Waals surface area contributed by atoms with E-state index in [4.69, 9.17) is 4.42 Å². The first kappa shape index (κ1) is 27.1. The monoisotopic (exact) mass is 624 g/mol. The van der Waals surface area contributed by atoms with E-state index in [-0.39, 0.29) is 0 Å². The third kappa shape index (κ3) is 3.85. The van der Waals surface area contributed by atoms with Crippen LogP contribution in [0.1, 0.15) is 11.1 Å². The Labute approximate surface area is 280 Å². The van der Waals surface area contributed by atoms with E-state index in [1.54, 1.807) is 0 Å². The highest BCUT2D eigenvalue weighted by Crippen LogP contribution is 2.42. The van der Waals surface area contributed by atoms with Gasteiger partial charge in [-0.25, -0.2) is 0 Å². The Morgan fingerprint density at radius 2 is 1.10 bits per heavy atom. The quantitative estimate of drug-likeness (QED) is 0.196. The second-order valence-electron chi connectivity index (χ2n) is 12.4. The van der Waals surface area contributed by atoms with Crippen LogP contribution in [0.3, 0.4) is 0 Å². The molecule has 0 fully saturated rings. The number of nitrogens with zero attached hydrogens (tertiary/aromatic N) is 4. The van der Waals surface area contributed by atoms with Crippen molar-refractivity contribution in [3.05, 3.63) is 157 Å². The van der Waals surface area contributed by atoms with Gasteiger partial charge in [0, 0.05) is 38.0 Å². The standard InChI is InChI=1S/C44H24N4O/c45-25-27-21-30(28-17-18-29(26-46)40(24-28)48-36-13-5-1-9-32(36)33-10-2-6-14-37(33)48)23-31(22-27)47-38-15-7-3-11-34(38)43-39(47)19-20-42-44(43)35-12-4-8-16-41(35)49-42/h1-24H. The first-order valence-electron chi connectivity index (χ1n) is 16.1. The third-order valence-electron chi connectivity index (χ3n) is 9.75. The molecule has 49 heavy (non-hydrogen) atoms. The minimum absolute atomic E-state index is 0.552. The van der Waals surface area contributed by atoms with E-state index in [9.17, 15) is 10.5 Å². The Hall–Kier alpha value is -7.08. The van der Waals surface area contributed by atoms with Crippen molar-refractivity contribution in [3.8, 4) is 34.6 Å². The molecular formula is C44H24N4O. The molecular weight excluding hydrogens is 601 g/mol. The average Bonchev–Trinajstić information content (AvgIpc) is 3.82. The number of hydrogen-bond acceptors (Lipinski definition) is 3. The van der Waals surface area contributed by atoms with E-state index in [0.717, 1.165) is 88.1 Å². The van der Waals surface area contributed by atoms with E-state index in [1.807, 2.05) is 72.8 Å². The smallest absolute Gasteiger partial charge is 0.136 e. The molecule has 0 unspecified atom stereocenters. The second kappa shape index (κ2) is 10.2. The summed E-state index contributed by atoms with van der Waals surface area (Å²) < 4.78 is 10.7. The molecule has 3 aromatic heterocycles. The SMILES string of the molecule is N#Cc1cc(-c2ccc(C#N)c(-n3c4ccccc4c4ccccc43)c2)cc(-n2c3ccccc3c3c4c(ccc32)oc2ccccc24)c1. The average molecular weight is 625 g/mol. The summed E-state index contributed by atoms with van der Waals surface area (Å²) in [5.41, 5.74) is 10.5. The van der Waals surface area contributed by atoms with Crippen molar-refractivity contribution in [2.45, 2.75) is 0 Å². The van der Waals surface area contributed by atoms with Gasteiger partial charge in [0.05, 0.1) is 45.0 Å². The zero-order valence-corrected chi connectivity index (χ0v) is 26.1. The van der Waals surface area contributed by atoms with Gasteiger partial charge in [-0.1, -0.05) is 78.9 Å². The third-order valence-corrected chi connectivity index (χ3v) is 9.75. The normalized spacial score (nSPS) is 11.6. The van der Waals surface area contributed by atoms with E-state index < -0.39 is 0 Å². The molecule has 5 nitrogen and oxygen atoms in total. The summed E-state index contributed by atoms with van der Waals surface area (Å²) in [6.07, 6.45) is 0. The van der Waals surface area contributed by atoms with Crippen LogP contribution in [0.25, 0.3) is 88.1 Å². The van der Waals surface area contributed by atoms with E-state index >= 15 is 0 Å². The van der Waals surface area contributed by atoms with Crippen LogP contribution in [0.4, 0.5) is 0 Å². The lowest BCUT2D eigenvalue weighted by Gasteiger charge is -2.14. The van der Waals surface area contributed by atoms with Crippen molar-refractivity contribution in [2.75, 3.05) is 0 Å². The summed E-state index contributed by atoms with van der Waals surface area (Å²) in [7, 11) is 0. The highest BCUT2D eigenvalue weighted by Gasteiger charge is 2.20. The molecule has 0 aliphatic carbocycles. The molecule has 0 aliphatic rings. The van der Waals surface area contributed by atoms with Gasteiger partial charge in [0.1, 0.15) is 17.2 Å². The highest BCUT2D eigenvalue weighted by atomic mass is 16.3. The lowest BCUT2D eigenvalue weighted by atomic mass is 9.99. The van der Waals surface area contributed by atoms with E-state index in [0.29, 0.717) is 11.1 Å². The number of para-hydroxylation sites is 4. The number of nitriles is 2. The zero-order chi connectivity index (χ0) is 32.6. The van der Waals surface area contributed by atoms with Crippen LogP contribution in [0.5, 0.6) is 0 Å². The minimum atomic E-state index is 0.552. The van der Waals surface area contributed by atoms with Gasteiger partial charge in [-0.2, -0.15) is 10.5 Å². The summed E-state index contributed by atoms with van der Waals surface area (Å²) in [4.78, 5) is 0. The van der Waals surface area contributed by atoms with Gasteiger partial charge in [-0.15, -0.1) is 0 Å². The van der Waals surface area contributed by atoms with Crippen LogP contribution in [0.15, 0.2) is 150 Å².